The Hall–Kier alpha value is -3.41. The number of rotatable bonds is 9. The van der Waals surface area contributed by atoms with E-state index in [2.05, 4.69) is 15.6 Å². The summed E-state index contributed by atoms with van der Waals surface area (Å²) < 4.78 is 5.71. The first-order valence-corrected chi connectivity index (χ1v) is 9.69. The number of oxazole rings is 1. The fourth-order valence-electron chi connectivity index (χ4n) is 2.82. The molecule has 0 saturated heterocycles. The lowest BCUT2D eigenvalue weighted by molar-refractivity contribution is -0.126. The van der Waals surface area contributed by atoms with E-state index < -0.39 is 0 Å². The number of nitrogens with zero attached hydrogens (tertiary/aromatic N) is 1. The van der Waals surface area contributed by atoms with Gasteiger partial charge in [0.15, 0.2) is 11.7 Å². The van der Waals surface area contributed by atoms with Crippen molar-refractivity contribution in [1.29, 1.82) is 0 Å². The van der Waals surface area contributed by atoms with Crippen LogP contribution < -0.4 is 10.6 Å². The van der Waals surface area contributed by atoms with Crippen LogP contribution in [0.15, 0.2) is 65.2 Å². The highest BCUT2D eigenvalue weighted by Gasteiger charge is 2.10. The molecule has 0 aliphatic carbocycles. The van der Waals surface area contributed by atoms with Crippen molar-refractivity contribution in [3.05, 3.63) is 77.8 Å². The van der Waals surface area contributed by atoms with E-state index in [0.29, 0.717) is 24.6 Å². The zero-order valence-electron chi connectivity index (χ0n) is 16.5. The summed E-state index contributed by atoms with van der Waals surface area (Å²) in [4.78, 5) is 28.0. The molecule has 0 spiro atoms. The third kappa shape index (κ3) is 6.60. The summed E-state index contributed by atoms with van der Waals surface area (Å²) >= 11 is 0. The number of hydrogen-bond acceptors (Lipinski definition) is 4. The Morgan fingerprint density at radius 2 is 1.69 bits per heavy atom. The SMILES string of the molecule is Cc1ccc(-c2cnc(CCC(=O)NCC(=O)NCCc3ccccc3)o2)cc1. The van der Waals surface area contributed by atoms with Crippen molar-refractivity contribution < 1.29 is 14.0 Å². The zero-order valence-corrected chi connectivity index (χ0v) is 16.5. The number of nitrogens with one attached hydrogen (secondary N) is 2. The van der Waals surface area contributed by atoms with Crippen LogP contribution in [-0.4, -0.2) is 29.9 Å². The summed E-state index contributed by atoms with van der Waals surface area (Å²) in [6, 6.07) is 17.9. The third-order valence-electron chi connectivity index (χ3n) is 4.48. The maximum absolute atomic E-state index is 12.0. The lowest BCUT2D eigenvalue weighted by Gasteiger charge is -2.06. The molecule has 29 heavy (non-hydrogen) atoms. The van der Waals surface area contributed by atoms with Gasteiger partial charge in [0.25, 0.3) is 0 Å². The molecule has 0 fully saturated rings. The average molecular weight is 391 g/mol. The summed E-state index contributed by atoms with van der Waals surface area (Å²) in [5, 5.41) is 5.43. The summed E-state index contributed by atoms with van der Waals surface area (Å²) in [7, 11) is 0. The highest BCUT2D eigenvalue weighted by atomic mass is 16.4. The second-order valence-electron chi connectivity index (χ2n) is 6.85. The van der Waals surface area contributed by atoms with Gasteiger partial charge >= 0.3 is 0 Å². The van der Waals surface area contributed by atoms with Crippen molar-refractivity contribution in [2.24, 2.45) is 0 Å². The highest BCUT2D eigenvalue weighted by molar-refractivity contribution is 5.84. The molecule has 0 aliphatic heterocycles. The smallest absolute Gasteiger partial charge is 0.239 e. The molecule has 0 radical (unpaired) electrons. The number of carbonyl (C=O) groups excluding carboxylic acids is 2. The van der Waals surface area contributed by atoms with Crippen LogP contribution in [0.4, 0.5) is 0 Å². The van der Waals surface area contributed by atoms with E-state index in [-0.39, 0.29) is 24.8 Å². The molecule has 0 bridgehead atoms. The number of carbonyl (C=O) groups is 2. The summed E-state index contributed by atoms with van der Waals surface area (Å²) in [5.41, 5.74) is 3.29. The van der Waals surface area contributed by atoms with Gasteiger partial charge < -0.3 is 15.1 Å². The van der Waals surface area contributed by atoms with Gasteiger partial charge in [0, 0.05) is 24.9 Å². The van der Waals surface area contributed by atoms with Crippen LogP contribution in [0, 0.1) is 6.92 Å². The molecule has 1 heterocycles. The van der Waals surface area contributed by atoms with Gasteiger partial charge in [-0.25, -0.2) is 4.98 Å². The fourth-order valence-corrected chi connectivity index (χ4v) is 2.82. The van der Waals surface area contributed by atoms with Crippen LogP contribution in [-0.2, 0) is 22.4 Å². The first kappa shape index (κ1) is 20.3. The Kier molecular flexibility index (Phi) is 7.16. The molecule has 0 saturated carbocycles. The van der Waals surface area contributed by atoms with Gasteiger partial charge in [-0.05, 0) is 18.9 Å². The van der Waals surface area contributed by atoms with Gasteiger partial charge in [0.1, 0.15) is 0 Å². The Bertz CT molecular complexity index is 934. The van der Waals surface area contributed by atoms with Crippen LogP contribution in [0.25, 0.3) is 11.3 Å². The van der Waals surface area contributed by atoms with Gasteiger partial charge in [-0.3, -0.25) is 9.59 Å². The number of aromatic nitrogens is 1. The van der Waals surface area contributed by atoms with Gasteiger partial charge in [-0.2, -0.15) is 0 Å². The number of amides is 2. The number of benzene rings is 2. The highest BCUT2D eigenvalue weighted by Crippen LogP contribution is 2.21. The molecule has 2 N–H and O–H groups in total. The molecule has 0 unspecified atom stereocenters. The van der Waals surface area contributed by atoms with Crippen molar-refractivity contribution in [3.63, 3.8) is 0 Å². The van der Waals surface area contributed by atoms with Crippen LogP contribution in [0.1, 0.15) is 23.4 Å². The Balaban J connectivity index is 1.34. The Labute approximate surface area is 170 Å². The molecule has 2 amide bonds. The fraction of sp³-hybridized carbons (Fsp3) is 0.261. The van der Waals surface area contributed by atoms with Crippen LogP contribution in [0.5, 0.6) is 0 Å². The maximum Gasteiger partial charge on any atom is 0.239 e. The van der Waals surface area contributed by atoms with Crippen molar-refractivity contribution in [1.82, 2.24) is 15.6 Å². The lowest BCUT2D eigenvalue weighted by atomic mass is 10.1. The largest absolute Gasteiger partial charge is 0.441 e. The molecule has 1 aromatic heterocycles. The topological polar surface area (TPSA) is 84.2 Å². The van der Waals surface area contributed by atoms with Crippen LogP contribution in [0.2, 0.25) is 0 Å². The minimum Gasteiger partial charge on any atom is -0.441 e. The zero-order chi connectivity index (χ0) is 20.5. The van der Waals surface area contributed by atoms with E-state index in [1.165, 1.54) is 5.56 Å². The van der Waals surface area contributed by atoms with E-state index in [1.54, 1.807) is 6.20 Å². The summed E-state index contributed by atoms with van der Waals surface area (Å²) in [6.07, 6.45) is 3.02. The predicted octanol–water partition coefficient (Wildman–Crippen LogP) is 3.06. The van der Waals surface area contributed by atoms with Crippen molar-refractivity contribution in [2.45, 2.75) is 26.2 Å². The molecule has 0 atom stereocenters. The summed E-state index contributed by atoms with van der Waals surface area (Å²) in [5.74, 6) is 0.770. The number of hydrogen-bond donors (Lipinski definition) is 2. The van der Waals surface area contributed by atoms with E-state index >= 15 is 0 Å². The maximum atomic E-state index is 12.0. The molecular weight excluding hydrogens is 366 g/mol. The molecule has 2 aromatic carbocycles. The molecule has 0 aliphatic rings. The molecule has 3 rings (SSSR count). The number of aryl methyl sites for hydroxylation is 2. The first-order valence-electron chi connectivity index (χ1n) is 9.69. The second kappa shape index (κ2) is 10.2. The summed E-state index contributed by atoms with van der Waals surface area (Å²) in [6.45, 7) is 2.53. The van der Waals surface area contributed by atoms with E-state index in [9.17, 15) is 9.59 Å². The second-order valence-corrected chi connectivity index (χ2v) is 6.85. The average Bonchev–Trinajstić information content (AvgIpc) is 3.21. The molecular formula is C23H25N3O3. The van der Waals surface area contributed by atoms with Gasteiger partial charge in [-0.1, -0.05) is 60.2 Å². The quantitative estimate of drug-likeness (QED) is 0.587. The van der Waals surface area contributed by atoms with Crippen molar-refractivity contribution in [3.8, 4) is 11.3 Å². The first-order chi connectivity index (χ1) is 14.1. The third-order valence-corrected chi connectivity index (χ3v) is 4.48. The standard InChI is InChI=1S/C23H25N3O3/c1-17-7-9-19(10-8-17)20-15-26-23(29-20)12-11-21(27)25-16-22(28)24-14-13-18-5-3-2-4-6-18/h2-10,15H,11-14,16H2,1H3,(H,24,28)(H,25,27). The van der Waals surface area contributed by atoms with Crippen LogP contribution in [0.3, 0.4) is 0 Å². The minimum absolute atomic E-state index is 0.0339. The Morgan fingerprint density at radius 1 is 0.931 bits per heavy atom. The normalized spacial score (nSPS) is 10.5. The van der Waals surface area contributed by atoms with Crippen molar-refractivity contribution >= 4 is 11.8 Å². The Morgan fingerprint density at radius 3 is 2.45 bits per heavy atom. The molecule has 3 aromatic rings. The minimum atomic E-state index is -0.210. The monoisotopic (exact) mass is 391 g/mol. The van der Waals surface area contributed by atoms with E-state index in [0.717, 1.165) is 17.5 Å². The van der Waals surface area contributed by atoms with Gasteiger partial charge in [0.2, 0.25) is 11.8 Å². The van der Waals surface area contributed by atoms with Gasteiger partial charge in [0.05, 0.1) is 12.7 Å². The lowest BCUT2D eigenvalue weighted by Crippen LogP contribution is -2.37. The van der Waals surface area contributed by atoms with Gasteiger partial charge in [-0.15, -0.1) is 0 Å². The predicted molar refractivity (Wildman–Crippen MR) is 111 cm³/mol. The molecule has 150 valence electrons. The molecule has 6 heteroatoms. The van der Waals surface area contributed by atoms with E-state index in [1.807, 2.05) is 61.5 Å². The molecule has 6 nitrogen and oxygen atoms in total. The van der Waals surface area contributed by atoms with E-state index in [4.69, 9.17) is 4.42 Å². The van der Waals surface area contributed by atoms with Crippen molar-refractivity contribution in [2.75, 3.05) is 13.1 Å². The van der Waals surface area contributed by atoms with Crippen LogP contribution >= 0.6 is 0 Å².